The second-order valence-electron chi connectivity index (χ2n) is 8.77. The van der Waals surface area contributed by atoms with E-state index in [-0.39, 0.29) is 0 Å². The highest BCUT2D eigenvalue weighted by molar-refractivity contribution is 6.03. The van der Waals surface area contributed by atoms with E-state index >= 15 is 0 Å². The van der Waals surface area contributed by atoms with Crippen LogP contribution in [0, 0.1) is 0 Å². The minimum Gasteiger partial charge on any atom is -0.462 e. The number of hydrogen-bond acceptors (Lipinski definition) is 4. The molecular weight excluding hydrogens is 400 g/mol. The summed E-state index contributed by atoms with van der Waals surface area (Å²) in [5, 5.41) is 0. The van der Waals surface area contributed by atoms with Crippen LogP contribution in [0.5, 0.6) is 0 Å². The fraction of sp³-hybridized carbons (Fsp3) is 0.714. The zero-order valence-corrected chi connectivity index (χ0v) is 20.7. The molecule has 0 unspecified atom stereocenters. The Kier molecular flexibility index (Phi) is 17.5. The summed E-state index contributed by atoms with van der Waals surface area (Å²) in [6, 6.07) is 6.74. The van der Waals surface area contributed by atoms with Crippen LogP contribution in [0.15, 0.2) is 24.3 Å². The quantitative estimate of drug-likeness (QED) is 0.189. The van der Waals surface area contributed by atoms with Crippen molar-refractivity contribution in [2.45, 2.75) is 117 Å². The first kappa shape index (κ1) is 28.2. The zero-order chi connectivity index (χ0) is 23.3. The van der Waals surface area contributed by atoms with E-state index in [1.807, 2.05) is 0 Å². The summed E-state index contributed by atoms with van der Waals surface area (Å²) < 4.78 is 10.7. The van der Waals surface area contributed by atoms with E-state index < -0.39 is 11.9 Å². The van der Waals surface area contributed by atoms with Gasteiger partial charge in [-0.2, -0.15) is 0 Å². The third-order valence-corrected chi connectivity index (χ3v) is 5.83. The Morgan fingerprint density at radius 2 is 0.938 bits per heavy atom. The van der Waals surface area contributed by atoms with Crippen LogP contribution < -0.4 is 0 Å². The fourth-order valence-corrected chi connectivity index (χ4v) is 3.34. The number of rotatable bonds is 16. The van der Waals surface area contributed by atoms with E-state index in [2.05, 4.69) is 13.8 Å². The number of carbonyl (C=O) groups excluding carboxylic acids is 2. The van der Waals surface area contributed by atoms with Crippen molar-refractivity contribution in [1.29, 1.82) is 0 Å². The maximum Gasteiger partial charge on any atom is 0.339 e. The minimum atomic E-state index is -0.444. The molecule has 2 rings (SSSR count). The monoisotopic (exact) mass is 446 g/mol. The summed E-state index contributed by atoms with van der Waals surface area (Å²) >= 11 is 0. The SMILES string of the molecule is C1CCC1.CCCCCCCCOC(=O)c1ccccc1C(=O)OCCCCCCCC. The predicted molar refractivity (Wildman–Crippen MR) is 132 cm³/mol. The van der Waals surface area contributed by atoms with E-state index in [1.54, 1.807) is 24.3 Å². The van der Waals surface area contributed by atoms with Crippen molar-refractivity contribution in [3.8, 4) is 0 Å². The third kappa shape index (κ3) is 13.5. The molecule has 0 aliphatic heterocycles. The van der Waals surface area contributed by atoms with Gasteiger partial charge in [0.15, 0.2) is 0 Å². The van der Waals surface area contributed by atoms with Gasteiger partial charge in [0.2, 0.25) is 0 Å². The van der Waals surface area contributed by atoms with Gasteiger partial charge in [-0.1, -0.05) is 116 Å². The molecule has 1 aromatic rings. The molecule has 1 aromatic carbocycles. The first-order valence-corrected chi connectivity index (χ1v) is 13.1. The Hall–Kier alpha value is -1.84. The van der Waals surface area contributed by atoms with Crippen LogP contribution in [-0.2, 0) is 9.47 Å². The second kappa shape index (κ2) is 19.8. The maximum atomic E-state index is 12.4. The van der Waals surface area contributed by atoms with Crippen LogP contribution in [0.25, 0.3) is 0 Å². The van der Waals surface area contributed by atoms with Gasteiger partial charge in [0.1, 0.15) is 0 Å². The van der Waals surface area contributed by atoms with Crippen LogP contribution in [0.4, 0.5) is 0 Å². The van der Waals surface area contributed by atoms with Crippen molar-refractivity contribution in [1.82, 2.24) is 0 Å². The van der Waals surface area contributed by atoms with Crippen LogP contribution in [-0.4, -0.2) is 25.2 Å². The third-order valence-electron chi connectivity index (χ3n) is 5.83. The van der Waals surface area contributed by atoms with Crippen LogP contribution in [0.3, 0.4) is 0 Å². The minimum absolute atomic E-state index is 0.293. The smallest absolute Gasteiger partial charge is 0.339 e. The summed E-state index contributed by atoms with van der Waals surface area (Å²) in [6.07, 6.45) is 19.6. The molecule has 1 saturated carbocycles. The average molecular weight is 447 g/mol. The second-order valence-corrected chi connectivity index (χ2v) is 8.77. The molecule has 1 aliphatic rings. The molecule has 0 radical (unpaired) electrons. The number of carbonyl (C=O) groups is 2. The molecule has 182 valence electrons. The Morgan fingerprint density at radius 1 is 0.594 bits per heavy atom. The van der Waals surface area contributed by atoms with Gasteiger partial charge in [0.25, 0.3) is 0 Å². The Bertz CT molecular complexity index is 554. The van der Waals surface area contributed by atoms with Crippen LogP contribution in [0.1, 0.15) is 137 Å². The average Bonchev–Trinajstić information content (AvgIpc) is 2.76. The Morgan fingerprint density at radius 3 is 1.28 bits per heavy atom. The topological polar surface area (TPSA) is 52.6 Å². The number of hydrogen-bond donors (Lipinski definition) is 0. The van der Waals surface area contributed by atoms with Gasteiger partial charge in [-0.3, -0.25) is 0 Å². The van der Waals surface area contributed by atoms with Crippen LogP contribution >= 0.6 is 0 Å². The highest BCUT2D eigenvalue weighted by Crippen LogP contribution is 2.15. The molecule has 0 heterocycles. The lowest BCUT2D eigenvalue weighted by atomic mass is 10.0. The van der Waals surface area contributed by atoms with Gasteiger partial charge in [-0.15, -0.1) is 0 Å². The molecule has 4 heteroatoms. The van der Waals surface area contributed by atoms with Crippen LogP contribution in [0.2, 0.25) is 0 Å². The number of benzene rings is 1. The highest BCUT2D eigenvalue weighted by Gasteiger charge is 2.18. The van der Waals surface area contributed by atoms with E-state index in [4.69, 9.17) is 9.47 Å². The molecular formula is C28H46O4. The molecule has 1 fully saturated rings. The first-order chi connectivity index (χ1) is 15.7. The first-order valence-electron chi connectivity index (χ1n) is 13.1. The van der Waals surface area contributed by atoms with Crippen molar-refractivity contribution in [2.75, 3.05) is 13.2 Å². The van der Waals surface area contributed by atoms with Gasteiger partial charge in [0.05, 0.1) is 24.3 Å². The highest BCUT2D eigenvalue weighted by atomic mass is 16.5. The van der Waals surface area contributed by atoms with Gasteiger partial charge < -0.3 is 9.47 Å². The Balaban J connectivity index is 0.00000114. The molecule has 0 saturated heterocycles. The summed E-state index contributed by atoms with van der Waals surface area (Å²) in [4.78, 5) is 24.7. The van der Waals surface area contributed by atoms with Gasteiger partial charge >= 0.3 is 11.9 Å². The molecule has 0 amide bonds. The summed E-state index contributed by atoms with van der Waals surface area (Å²) in [7, 11) is 0. The number of ether oxygens (including phenoxy) is 2. The van der Waals surface area contributed by atoms with Crippen molar-refractivity contribution >= 4 is 11.9 Å². The van der Waals surface area contributed by atoms with Crippen molar-refractivity contribution in [3.63, 3.8) is 0 Å². The molecule has 0 bridgehead atoms. The molecule has 0 spiro atoms. The van der Waals surface area contributed by atoms with Gasteiger partial charge in [-0.25, -0.2) is 9.59 Å². The normalized spacial score (nSPS) is 12.3. The summed E-state index contributed by atoms with van der Waals surface area (Å²) in [6.45, 7) is 5.17. The van der Waals surface area contributed by atoms with Gasteiger partial charge in [-0.05, 0) is 25.0 Å². The predicted octanol–water partition coefficient (Wildman–Crippen LogP) is 8.28. The van der Waals surface area contributed by atoms with Crippen molar-refractivity contribution in [3.05, 3.63) is 35.4 Å². The van der Waals surface area contributed by atoms with E-state index in [0.29, 0.717) is 24.3 Å². The zero-order valence-electron chi connectivity index (χ0n) is 20.7. The molecule has 0 aromatic heterocycles. The van der Waals surface area contributed by atoms with E-state index in [9.17, 15) is 9.59 Å². The largest absolute Gasteiger partial charge is 0.462 e. The molecule has 4 nitrogen and oxygen atoms in total. The number of esters is 2. The van der Waals surface area contributed by atoms with E-state index in [1.165, 1.54) is 77.0 Å². The van der Waals surface area contributed by atoms with E-state index in [0.717, 1.165) is 25.7 Å². The lowest BCUT2D eigenvalue weighted by molar-refractivity contribution is 0.0450. The molecule has 0 N–H and O–H groups in total. The van der Waals surface area contributed by atoms with Crippen molar-refractivity contribution in [2.24, 2.45) is 0 Å². The lowest BCUT2D eigenvalue weighted by Gasteiger charge is -2.10. The number of unbranched alkanes of at least 4 members (excludes halogenated alkanes) is 10. The molecule has 32 heavy (non-hydrogen) atoms. The standard InChI is InChI=1S/C24H38O4.C4H8/c1-3-5-7-9-11-15-19-27-23(25)21-17-13-14-18-22(21)24(26)28-20-16-12-10-8-6-4-2;1-2-4-3-1/h13-14,17-18H,3-12,15-16,19-20H2,1-2H3;1-4H2. The van der Waals surface area contributed by atoms with Gasteiger partial charge in [0, 0.05) is 0 Å². The molecule has 0 atom stereocenters. The maximum absolute atomic E-state index is 12.4. The molecule has 1 aliphatic carbocycles. The summed E-state index contributed by atoms with van der Waals surface area (Å²) in [5.41, 5.74) is 0.586. The fourth-order valence-electron chi connectivity index (χ4n) is 3.34. The lowest BCUT2D eigenvalue weighted by Crippen LogP contribution is -2.15. The summed E-state index contributed by atoms with van der Waals surface area (Å²) in [5.74, 6) is -0.888. The Labute approximate surface area is 196 Å². The van der Waals surface area contributed by atoms with Crippen molar-refractivity contribution < 1.29 is 19.1 Å².